The molecule has 2 aromatic rings. The highest BCUT2D eigenvalue weighted by Gasteiger charge is 2.33. The van der Waals surface area contributed by atoms with Gasteiger partial charge in [0.05, 0.1) is 39.4 Å². The number of anilines is 2. The molecule has 1 saturated carbocycles. The highest BCUT2D eigenvalue weighted by Crippen LogP contribution is 2.42. The van der Waals surface area contributed by atoms with Crippen molar-refractivity contribution >= 4 is 38.4 Å². The molecule has 0 spiro atoms. The number of rotatable bonds is 7. The number of ether oxygens (including phenoxy) is 1. The van der Waals surface area contributed by atoms with Gasteiger partial charge in [-0.15, -0.1) is 0 Å². The van der Waals surface area contributed by atoms with Crippen molar-refractivity contribution in [1.29, 1.82) is 0 Å². The lowest BCUT2D eigenvalue weighted by atomic mass is 10.0. The second kappa shape index (κ2) is 8.27. The molecule has 0 radical (unpaired) electrons. The van der Waals surface area contributed by atoms with Crippen LogP contribution in [0.25, 0.3) is 0 Å². The van der Waals surface area contributed by atoms with E-state index in [0.29, 0.717) is 35.6 Å². The Morgan fingerprint density at radius 1 is 1.18 bits per heavy atom. The Labute approximate surface area is 201 Å². The van der Waals surface area contributed by atoms with E-state index in [1.165, 1.54) is 6.26 Å². The maximum atomic E-state index is 12.8. The quantitative estimate of drug-likeness (QED) is 0.596. The maximum Gasteiger partial charge on any atom is 0.177 e. The van der Waals surface area contributed by atoms with E-state index in [-0.39, 0.29) is 28.3 Å². The number of pyridine rings is 1. The van der Waals surface area contributed by atoms with E-state index in [1.807, 2.05) is 19.1 Å². The summed E-state index contributed by atoms with van der Waals surface area (Å²) in [5.41, 5.74) is 4.98. The minimum absolute atomic E-state index is 0.123. The Bertz CT molecular complexity index is 1310. The number of hydrogen-bond donors (Lipinski definition) is 1. The Morgan fingerprint density at radius 3 is 2.59 bits per heavy atom. The first-order valence-corrected chi connectivity index (χ1v) is 13.8. The van der Waals surface area contributed by atoms with Crippen LogP contribution in [0.1, 0.15) is 69.5 Å². The van der Waals surface area contributed by atoms with Gasteiger partial charge in [0.2, 0.25) is 0 Å². The fourth-order valence-electron chi connectivity index (χ4n) is 4.79. The van der Waals surface area contributed by atoms with Gasteiger partial charge in [0.15, 0.2) is 9.84 Å². The molecule has 3 heterocycles. The molecule has 0 amide bonds. The van der Waals surface area contributed by atoms with E-state index in [4.69, 9.17) is 9.72 Å². The van der Waals surface area contributed by atoms with Gasteiger partial charge in [-0.25, -0.2) is 8.42 Å². The fourth-order valence-corrected chi connectivity index (χ4v) is 5.66. The van der Waals surface area contributed by atoms with E-state index >= 15 is 0 Å². The molecule has 1 aromatic heterocycles. The van der Waals surface area contributed by atoms with Crippen molar-refractivity contribution in [3.05, 3.63) is 41.2 Å². The minimum atomic E-state index is -3.51. The Morgan fingerprint density at radius 2 is 1.94 bits per heavy atom. The third-order valence-electron chi connectivity index (χ3n) is 6.75. The van der Waals surface area contributed by atoms with Crippen molar-refractivity contribution in [2.45, 2.75) is 75.9 Å². The van der Waals surface area contributed by atoms with Crippen LogP contribution in [0.5, 0.6) is 0 Å². The summed E-state index contributed by atoms with van der Waals surface area (Å²) >= 11 is 0. The van der Waals surface area contributed by atoms with Crippen LogP contribution in [-0.4, -0.2) is 36.8 Å². The van der Waals surface area contributed by atoms with Crippen molar-refractivity contribution in [2.75, 3.05) is 11.6 Å². The van der Waals surface area contributed by atoms with Gasteiger partial charge in [-0.1, -0.05) is 6.07 Å². The zero-order valence-electron chi connectivity index (χ0n) is 20.1. The van der Waals surface area contributed by atoms with Gasteiger partial charge >= 0.3 is 0 Å². The molecule has 1 aliphatic carbocycles. The minimum Gasteiger partial charge on any atom is -0.368 e. The van der Waals surface area contributed by atoms with E-state index in [1.54, 1.807) is 12.1 Å². The van der Waals surface area contributed by atoms with Gasteiger partial charge in [0.25, 0.3) is 0 Å². The largest absolute Gasteiger partial charge is 0.368 e. The normalized spacial score (nSPS) is 21.3. The van der Waals surface area contributed by atoms with Crippen LogP contribution in [0.15, 0.2) is 34.2 Å². The summed E-state index contributed by atoms with van der Waals surface area (Å²) < 4.78 is 31.6. The summed E-state index contributed by atoms with van der Waals surface area (Å²) in [7, 11) is -3.51. The van der Waals surface area contributed by atoms with Gasteiger partial charge in [0.1, 0.15) is 11.5 Å². The van der Waals surface area contributed by atoms with Crippen molar-refractivity contribution in [1.82, 2.24) is 4.98 Å². The maximum absolute atomic E-state index is 12.8. The lowest BCUT2D eigenvalue weighted by Crippen LogP contribution is -2.17. The first-order chi connectivity index (χ1) is 16.0. The summed E-state index contributed by atoms with van der Waals surface area (Å²) in [6, 6.07) is 7.28. The van der Waals surface area contributed by atoms with Gasteiger partial charge in [-0.3, -0.25) is 14.8 Å². The number of benzene rings is 1. The molecule has 34 heavy (non-hydrogen) atoms. The molecule has 2 aliphatic heterocycles. The molecular formula is C26H31N3O4S. The molecule has 1 saturated heterocycles. The van der Waals surface area contributed by atoms with Gasteiger partial charge in [-0.2, -0.15) is 0 Å². The summed E-state index contributed by atoms with van der Waals surface area (Å²) in [6.45, 7) is 6.05. The summed E-state index contributed by atoms with van der Waals surface area (Å²) in [5, 5.41) is 3.31. The van der Waals surface area contributed by atoms with Crippen LogP contribution in [0.4, 0.5) is 17.1 Å². The highest BCUT2D eigenvalue weighted by molar-refractivity contribution is 7.90. The monoisotopic (exact) mass is 481 g/mol. The Balaban J connectivity index is 1.51. The molecule has 180 valence electrons. The number of ketones is 1. The molecule has 3 aliphatic rings. The van der Waals surface area contributed by atoms with Crippen LogP contribution in [0.3, 0.4) is 0 Å². The van der Waals surface area contributed by atoms with Gasteiger partial charge < -0.3 is 10.1 Å². The lowest BCUT2D eigenvalue weighted by molar-refractivity contribution is -0.119. The third kappa shape index (κ3) is 4.79. The van der Waals surface area contributed by atoms with Crippen LogP contribution < -0.4 is 5.32 Å². The molecular weight excluding hydrogens is 450 g/mol. The van der Waals surface area contributed by atoms with Gasteiger partial charge in [0, 0.05) is 30.7 Å². The highest BCUT2D eigenvalue weighted by atomic mass is 32.2. The van der Waals surface area contributed by atoms with E-state index in [0.717, 1.165) is 42.7 Å². The number of fused-ring (bicyclic) bond motifs is 1. The van der Waals surface area contributed by atoms with E-state index < -0.39 is 9.84 Å². The first kappa shape index (κ1) is 23.2. The van der Waals surface area contributed by atoms with Gasteiger partial charge in [-0.05, 0) is 70.2 Å². The van der Waals surface area contributed by atoms with Crippen LogP contribution in [-0.2, 0) is 32.2 Å². The lowest BCUT2D eigenvalue weighted by Gasteiger charge is -2.21. The Kier molecular flexibility index (Phi) is 5.64. The molecule has 0 bridgehead atoms. The average Bonchev–Trinajstić information content (AvgIpc) is 3.44. The zero-order chi connectivity index (χ0) is 24.3. The zero-order valence-corrected chi connectivity index (χ0v) is 21.0. The van der Waals surface area contributed by atoms with Crippen LogP contribution >= 0.6 is 0 Å². The molecule has 2 fully saturated rings. The third-order valence-corrected chi connectivity index (χ3v) is 7.88. The number of hydrogen-bond acceptors (Lipinski definition) is 7. The topological polar surface area (TPSA) is 97.7 Å². The van der Waals surface area contributed by atoms with Crippen molar-refractivity contribution < 1.29 is 17.9 Å². The second-order valence-corrected chi connectivity index (χ2v) is 12.4. The molecule has 0 unspecified atom stereocenters. The molecule has 5 rings (SSSR count). The fraction of sp³-hybridized carbons (Fsp3) is 0.500. The number of carbonyl (C=O) groups is 1. The number of nitrogens with zero attached hydrogens (tertiary/aromatic N) is 2. The summed E-state index contributed by atoms with van der Waals surface area (Å²) in [6.07, 6.45) is 5.71. The van der Waals surface area contributed by atoms with Crippen molar-refractivity contribution in [3.8, 4) is 0 Å². The molecule has 1 N–H and O–H groups in total. The number of Topliss-reactive ketones (excluding diaryl/α,β-unsaturated/α-hetero) is 1. The first-order valence-electron chi connectivity index (χ1n) is 11.9. The average molecular weight is 482 g/mol. The predicted octanol–water partition coefficient (Wildman–Crippen LogP) is 5.03. The number of aliphatic imine (C=N–C) groups is 1. The van der Waals surface area contributed by atoms with E-state index in [2.05, 4.69) is 24.2 Å². The number of sulfone groups is 1. The standard InChI is InChI=1S/C26H31N3O4S/c1-15-11-20-25(27-15)21(13-18(28-20)14-22(30)16-5-6-16)29-19-8-7-17(12-24(19)34(4,31)32)23-9-10-26(2,3)33-23/h7-8,12-13,16,23H,5-6,9-11,14H2,1-4H3,(H,28,29)/t23-/m0/s1. The smallest absolute Gasteiger partial charge is 0.177 e. The molecule has 8 heteroatoms. The SMILES string of the molecule is CC1=Nc2c(Nc3ccc([C@@H]4CCC(C)(C)O4)cc3S(C)(=O)=O)cc(CC(=O)C3CC3)nc2C1. The van der Waals surface area contributed by atoms with Crippen molar-refractivity contribution in [2.24, 2.45) is 10.9 Å². The Hall–Kier alpha value is -2.58. The molecule has 7 nitrogen and oxygen atoms in total. The number of carbonyl (C=O) groups excluding carboxylic acids is 1. The second-order valence-electron chi connectivity index (χ2n) is 10.5. The number of aromatic nitrogens is 1. The van der Waals surface area contributed by atoms with E-state index in [9.17, 15) is 13.2 Å². The summed E-state index contributed by atoms with van der Waals surface area (Å²) in [5.74, 6) is 0.381. The van der Waals surface area contributed by atoms with Crippen LogP contribution in [0, 0.1) is 5.92 Å². The predicted molar refractivity (Wildman–Crippen MR) is 132 cm³/mol. The molecule has 1 atom stereocenters. The summed E-state index contributed by atoms with van der Waals surface area (Å²) in [4.78, 5) is 22.0. The number of nitrogens with one attached hydrogen (secondary N) is 1. The van der Waals surface area contributed by atoms with Crippen LogP contribution in [0.2, 0.25) is 0 Å². The molecule has 1 aromatic carbocycles. The van der Waals surface area contributed by atoms with Crippen molar-refractivity contribution in [3.63, 3.8) is 0 Å².